The molecule has 1 rings (SSSR count). The van der Waals surface area contributed by atoms with Gasteiger partial charge in [-0.2, -0.15) is 0 Å². The van der Waals surface area contributed by atoms with Crippen molar-refractivity contribution >= 4 is 17.7 Å². The third kappa shape index (κ3) is 2.08. The van der Waals surface area contributed by atoms with Gasteiger partial charge in [-0.05, 0) is 11.4 Å². The van der Waals surface area contributed by atoms with Crippen molar-refractivity contribution in [1.29, 1.82) is 0 Å². The van der Waals surface area contributed by atoms with Gasteiger partial charge in [0.25, 0.3) is 0 Å². The van der Waals surface area contributed by atoms with Crippen molar-refractivity contribution in [2.75, 3.05) is 6.54 Å². The first kappa shape index (κ1) is 9.26. The standard InChI is InChI=1S/C9H13NOS/c1-9(2,6-10-7-11)8-4-3-5-12-8/h3-5,7H,6H2,1-2H3,(H,10,11). The van der Waals surface area contributed by atoms with Crippen LogP contribution in [0.3, 0.4) is 0 Å². The molecule has 0 saturated heterocycles. The van der Waals surface area contributed by atoms with Crippen LogP contribution in [-0.2, 0) is 10.2 Å². The minimum absolute atomic E-state index is 0.0507. The number of amides is 1. The monoisotopic (exact) mass is 183 g/mol. The minimum atomic E-state index is 0.0507. The zero-order valence-electron chi connectivity index (χ0n) is 7.33. The van der Waals surface area contributed by atoms with E-state index in [2.05, 4.69) is 30.6 Å². The Morgan fingerprint density at radius 1 is 1.67 bits per heavy atom. The highest BCUT2D eigenvalue weighted by molar-refractivity contribution is 7.10. The van der Waals surface area contributed by atoms with Gasteiger partial charge in [0, 0.05) is 16.8 Å². The van der Waals surface area contributed by atoms with Gasteiger partial charge in [0.1, 0.15) is 0 Å². The van der Waals surface area contributed by atoms with Crippen molar-refractivity contribution < 1.29 is 4.79 Å². The van der Waals surface area contributed by atoms with Gasteiger partial charge in [-0.15, -0.1) is 11.3 Å². The molecule has 0 spiro atoms. The lowest BCUT2D eigenvalue weighted by molar-refractivity contribution is -0.109. The van der Waals surface area contributed by atoms with Gasteiger partial charge >= 0.3 is 0 Å². The zero-order chi connectivity index (χ0) is 9.03. The fourth-order valence-corrected chi connectivity index (χ4v) is 1.90. The zero-order valence-corrected chi connectivity index (χ0v) is 8.15. The lowest BCUT2D eigenvalue weighted by atomic mass is 9.92. The molecule has 12 heavy (non-hydrogen) atoms. The van der Waals surface area contributed by atoms with Crippen molar-refractivity contribution in [1.82, 2.24) is 5.32 Å². The average Bonchev–Trinajstić information content (AvgIpc) is 2.53. The molecular formula is C9H13NOS. The van der Waals surface area contributed by atoms with Crippen molar-refractivity contribution in [3.8, 4) is 0 Å². The van der Waals surface area contributed by atoms with E-state index < -0.39 is 0 Å². The summed E-state index contributed by atoms with van der Waals surface area (Å²) in [6.07, 6.45) is 0.745. The maximum atomic E-state index is 10.1. The van der Waals surface area contributed by atoms with Gasteiger partial charge in [-0.1, -0.05) is 19.9 Å². The summed E-state index contributed by atoms with van der Waals surface area (Å²) in [4.78, 5) is 11.4. The minimum Gasteiger partial charge on any atom is -0.358 e. The van der Waals surface area contributed by atoms with Crippen LogP contribution >= 0.6 is 11.3 Å². The predicted octanol–water partition coefficient (Wildman–Crippen LogP) is 1.77. The average molecular weight is 183 g/mol. The molecule has 2 nitrogen and oxygen atoms in total. The summed E-state index contributed by atoms with van der Waals surface area (Å²) in [5, 5.41) is 4.76. The number of hydrogen-bond acceptors (Lipinski definition) is 2. The molecule has 1 aromatic rings. The number of carbonyl (C=O) groups excluding carboxylic acids is 1. The predicted molar refractivity (Wildman–Crippen MR) is 51.4 cm³/mol. The van der Waals surface area contributed by atoms with Gasteiger partial charge in [0.2, 0.25) is 6.41 Å². The Labute approximate surface area is 76.6 Å². The maximum Gasteiger partial charge on any atom is 0.207 e. The molecule has 0 aromatic carbocycles. The van der Waals surface area contributed by atoms with Crippen LogP contribution in [0.2, 0.25) is 0 Å². The second kappa shape index (κ2) is 3.72. The van der Waals surface area contributed by atoms with Crippen LogP contribution in [-0.4, -0.2) is 13.0 Å². The first-order valence-electron chi connectivity index (χ1n) is 3.88. The molecular weight excluding hydrogens is 170 g/mol. The molecule has 0 aliphatic heterocycles. The van der Waals surface area contributed by atoms with E-state index in [4.69, 9.17) is 0 Å². The lowest BCUT2D eigenvalue weighted by Gasteiger charge is -2.22. The topological polar surface area (TPSA) is 29.1 Å². The van der Waals surface area contributed by atoms with Crippen molar-refractivity contribution in [2.24, 2.45) is 0 Å². The third-order valence-electron chi connectivity index (χ3n) is 1.82. The number of hydrogen-bond donors (Lipinski definition) is 1. The van der Waals surface area contributed by atoms with Crippen LogP contribution in [0.15, 0.2) is 17.5 Å². The Bertz CT molecular complexity index is 241. The Morgan fingerprint density at radius 2 is 2.42 bits per heavy atom. The highest BCUT2D eigenvalue weighted by atomic mass is 32.1. The molecule has 66 valence electrons. The van der Waals surface area contributed by atoms with E-state index in [1.165, 1.54) is 4.88 Å². The summed E-state index contributed by atoms with van der Waals surface area (Å²) in [7, 11) is 0. The molecule has 0 aliphatic carbocycles. The van der Waals surface area contributed by atoms with E-state index in [0.29, 0.717) is 6.54 Å². The van der Waals surface area contributed by atoms with Gasteiger partial charge < -0.3 is 5.32 Å². The van der Waals surface area contributed by atoms with E-state index in [1.807, 2.05) is 6.07 Å². The number of thiophene rings is 1. The fraction of sp³-hybridized carbons (Fsp3) is 0.444. The molecule has 0 saturated carbocycles. The lowest BCUT2D eigenvalue weighted by Crippen LogP contribution is -2.31. The van der Waals surface area contributed by atoms with Gasteiger partial charge in [0.15, 0.2) is 0 Å². The molecule has 0 fully saturated rings. The summed E-state index contributed by atoms with van der Waals surface area (Å²) in [6, 6.07) is 4.12. The van der Waals surface area contributed by atoms with Gasteiger partial charge in [-0.3, -0.25) is 4.79 Å². The Morgan fingerprint density at radius 3 is 2.92 bits per heavy atom. The molecule has 1 heterocycles. The third-order valence-corrected chi connectivity index (χ3v) is 3.05. The van der Waals surface area contributed by atoms with Gasteiger partial charge in [-0.25, -0.2) is 0 Å². The smallest absolute Gasteiger partial charge is 0.207 e. The number of nitrogens with one attached hydrogen (secondary N) is 1. The van der Waals surface area contributed by atoms with E-state index in [9.17, 15) is 4.79 Å². The van der Waals surface area contributed by atoms with Crippen LogP contribution in [0.5, 0.6) is 0 Å². The normalized spacial score (nSPS) is 11.2. The Balaban J connectivity index is 2.65. The summed E-state index contributed by atoms with van der Waals surface area (Å²) < 4.78 is 0. The number of carbonyl (C=O) groups is 1. The van der Waals surface area contributed by atoms with Crippen molar-refractivity contribution in [2.45, 2.75) is 19.3 Å². The summed E-state index contributed by atoms with van der Waals surface area (Å²) in [5.74, 6) is 0. The molecule has 0 unspecified atom stereocenters. The van der Waals surface area contributed by atoms with E-state index in [-0.39, 0.29) is 5.41 Å². The highest BCUT2D eigenvalue weighted by Crippen LogP contribution is 2.26. The molecule has 0 aliphatic rings. The molecule has 0 atom stereocenters. The van der Waals surface area contributed by atoms with Gasteiger partial charge in [0.05, 0.1) is 0 Å². The highest BCUT2D eigenvalue weighted by Gasteiger charge is 2.20. The first-order valence-corrected chi connectivity index (χ1v) is 4.76. The quantitative estimate of drug-likeness (QED) is 0.708. The number of rotatable bonds is 4. The Kier molecular flexibility index (Phi) is 2.87. The van der Waals surface area contributed by atoms with E-state index in [0.717, 1.165) is 6.41 Å². The SMILES string of the molecule is CC(C)(CNC=O)c1cccs1. The van der Waals surface area contributed by atoms with Crippen LogP contribution in [0.25, 0.3) is 0 Å². The second-order valence-electron chi connectivity index (χ2n) is 3.36. The van der Waals surface area contributed by atoms with Crippen LogP contribution in [0.4, 0.5) is 0 Å². The van der Waals surface area contributed by atoms with E-state index in [1.54, 1.807) is 11.3 Å². The maximum absolute atomic E-state index is 10.1. The van der Waals surface area contributed by atoms with Crippen molar-refractivity contribution in [3.05, 3.63) is 22.4 Å². The molecule has 0 bridgehead atoms. The van der Waals surface area contributed by atoms with Crippen LogP contribution in [0, 0.1) is 0 Å². The largest absolute Gasteiger partial charge is 0.358 e. The summed E-state index contributed by atoms with van der Waals surface area (Å²) in [6.45, 7) is 4.93. The molecule has 1 aromatic heterocycles. The first-order chi connectivity index (χ1) is 5.67. The molecule has 1 amide bonds. The molecule has 3 heteroatoms. The molecule has 0 radical (unpaired) electrons. The van der Waals surface area contributed by atoms with Crippen molar-refractivity contribution in [3.63, 3.8) is 0 Å². The van der Waals surface area contributed by atoms with Crippen LogP contribution < -0.4 is 5.32 Å². The fourth-order valence-electron chi connectivity index (χ4n) is 1.05. The summed E-state index contributed by atoms with van der Waals surface area (Å²) in [5.41, 5.74) is 0.0507. The van der Waals surface area contributed by atoms with Crippen LogP contribution in [0.1, 0.15) is 18.7 Å². The van der Waals surface area contributed by atoms with E-state index >= 15 is 0 Å². The Hall–Kier alpha value is -0.830. The summed E-state index contributed by atoms with van der Waals surface area (Å²) >= 11 is 1.72. The second-order valence-corrected chi connectivity index (χ2v) is 4.31. The molecule has 1 N–H and O–H groups in total.